The van der Waals surface area contributed by atoms with Crippen LogP contribution in [0.4, 0.5) is 0 Å². The van der Waals surface area contributed by atoms with Crippen molar-refractivity contribution in [3.8, 4) is 0 Å². The summed E-state index contributed by atoms with van der Waals surface area (Å²) in [5, 5.41) is 7.98. The topological polar surface area (TPSA) is 66.0 Å². The molecule has 168 valence electrons. The van der Waals surface area contributed by atoms with Crippen LogP contribution in [0.25, 0.3) is 0 Å². The number of halogens is 3. The van der Waals surface area contributed by atoms with E-state index in [1.165, 1.54) is 0 Å². The molecule has 2 aliphatic heterocycles. The van der Waals surface area contributed by atoms with Gasteiger partial charge in [-0.25, -0.2) is 4.99 Å². The van der Waals surface area contributed by atoms with Gasteiger partial charge in [-0.15, -0.1) is 24.0 Å². The number of likely N-dealkylation sites (tertiary alicyclic amines) is 1. The van der Waals surface area contributed by atoms with E-state index in [9.17, 15) is 4.79 Å². The van der Waals surface area contributed by atoms with Crippen molar-refractivity contribution in [2.24, 2.45) is 4.99 Å². The van der Waals surface area contributed by atoms with E-state index in [0.29, 0.717) is 35.8 Å². The van der Waals surface area contributed by atoms with E-state index in [1.54, 1.807) is 6.07 Å². The lowest BCUT2D eigenvalue weighted by molar-refractivity contribution is -0.128. The number of carbonyl (C=O) groups is 1. The van der Waals surface area contributed by atoms with Crippen LogP contribution < -0.4 is 10.6 Å². The molecular formula is C21H31Cl2IN4O2. The summed E-state index contributed by atoms with van der Waals surface area (Å²) in [7, 11) is 0. The zero-order chi connectivity index (χ0) is 20.7. The van der Waals surface area contributed by atoms with Crippen LogP contribution in [0.2, 0.25) is 10.0 Å². The molecule has 9 heteroatoms. The Bertz CT molecular complexity index is 736. The molecule has 1 aromatic rings. The van der Waals surface area contributed by atoms with Crippen LogP contribution in [0, 0.1) is 0 Å². The van der Waals surface area contributed by atoms with Crippen molar-refractivity contribution in [3.63, 3.8) is 0 Å². The minimum absolute atomic E-state index is 0. The number of benzene rings is 1. The van der Waals surface area contributed by atoms with Gasteiger partial charge in [-0.3, -0.25) is 4.79 Å². The number of guanidine groups is 1. The molecule has 2 fully saturated rings. The van der Waals surface area contributed by atoms with E-state index in [4.69, 9.17) is 27.9 Å². The van der Waals surface area contributed by atoms with Crippen LogP contribution in [0.15, 0.2) is 23.2 Å². The van der Waals surface area contributed by atoms with Crippen LogP contribution in [0.1, 0.15) is 38.2 Å². The fourth-order valence-electron chi connectivity index (χ4n) is 4.03. The van der Waals surface area contributed by atoms with Crippen LogP contribution in [0.5, 0.6) is 0 Å². The van der Waals surface area contributed by atoms with Crippen molar-refractivity contribution in [2.75, 3.05) is 45.9 Å². The average molecular weight is 569 g/mol. The maximum atomic E-state index is 12.3. The monoisotopic (exact) mass is 568 g/mol. The summed E-state index contributed by atoms with van der Waals surface area (Å²) in [6.45, 7) is 6.60. The fraction of sp³-hybridized carbons (Fsp3) is 0.619. The highest BCUT2D eigenvalue weighted by molar-refractivity contribution is 14.0. The Kier molecular flexibility index (Phi) is 10.5. The van der Waals surface area contributed by atoms with E-state index in [-0.39, 0.29) is 41.8 Å². The quantitative estimate of drug-likeness (QED) is 0.311. The summed E-state index contributed by atoms with van der Waals surface area (Å²) in [5.74, 6) is 0.734. The molecule has 2 N–H and O–H groups in total. The first-order chi connectivity index (χ1) is 14.0. The largest absolute Gasteiger partial charge is 0.381 e. The fourth-order valence-corrected chi connectivity index (χ4v) is 4.64. The molecule has 6 nitrogen and oxygen atoms in total. The van der Waals surface area contributed by atoms with Gasteiger partial charge in [-0.2, -0.15) is 0 Å². The predicted molar refractivity (Wildman–Crippen MR) is 133 cm³/mol. The number of hydrogen-bond acceptors (Lipinski definition) is 3. The van der Waals surface area contributed by atoms with Crippen LogP contribution in [0.3, 0.4) is 0 Å². The first-order valence-corrected chi connectivity index (χ1v) is 11.1. The Morgan fingerprint density at radius 2 is 1.90 bits per heavy atom. The zero-order valence-corrected chi connectivity index (χ0v) is 21.2. The highest BCUT2D eigenvalue weighted by Crippen LogP contribution is 2.39. The molecule has 3 rings (SSSR count). The molecule has 0 saturated carbocycles. The van der Waals surface area contributed by atoms with E-state index in [1.807, 2.05) is 24.0 Å². The van der Waals surface area contributed by atoms with Crippen LogP contribution >= 0.6 is 47.2 Å². The number of hydrogen-bond donors (Lipinski definition) is 2. The number of rotatable bonds is 6. The molecule has 0 aliphatic carbocycles. The second kappa shape index (κ2) is 12.3. The molecule has 0 radical (unpaired) electrons. The van der Waals surface area contributed by atoms with Crippen molar-refractivity contribution < 1.29 is 9.53 Å². The summed E-state index contributed by atoms with van der Waals surface area (Å²) in [6, 6.07) is 5.69. The van der Waals surface area contributed by atoms with Gasteiger partial charge in [0.2, 0.25) is 5.91 Å². The summed E-state index contributed by atoms with van der Waals surface area (Å²) in [6.07, 6.45) is 3.88. The van der Waals surface area contributed by atoms with E-state index < -0.39 is 0 Å². The average Bonchev–Trinajstić information content (AvgIpc) is 3.25. The molecule has 2 aliphatic rings. The van der Waals surface area contributed by atoms with Crippen molar-refractivity contribution >= 4 is 59.0 Å². The van der Waals surface area contributed by atoms with Crippen molar-refractivity contribution in [2.45, 2.75) is 38.0 Å². The first kappa shape index (κ1) is 25.5. The van der Waals surface area contributed by atoms with Gasteiger partial charge in [0.05, 0.1) is 0 Å². The second-order valence-corrected chi connectivity index (χ2v) is 8.50. The van der Waals surface area contributed by atoms with Crippen molar-refractivity contribution in [3.05, 3.63) is 33.8 Å². The zero-order valence-electron chi connectivity index (χ0n) is 17.4. The van der Waals surface area contributed by atoms with E-state index in [0.717, 1.165) is 50.9 Å². The Morgan fingerprint density at radius 3 is 2.53 bits per heavy atom. The molecule has 1 aromatic carbocycles. The highest BCUT2D eigenvalue weighted by Gasteiger charge is 2.36. The normalized spacial score (nSPS) is 18.6. The molecule has 0 aromatic heterocycles. The Labute approximate surface area is 206 Å². The Morgan fingerprint density at radius 1 is 1.20 bits per heavy atom. The molecular weight excluding hydrogens is 538 g/mol. The van der Waals surface area contributed by atoms with Gasteiger partial charge in [0.25, 0.3) is 0 Å². The van der Waals surface area contributed by atoms with Gasteiger partial charge in [0.1, 0.15) is 6.54 Å². The minimum Gasteiger partial charge on any atom is -0.381 e. The van der Waals surface area contributed by atoms with Gasteiger partial charge >= 0.3 is 0 Å². The number of nitrogens with one attached hydrogen (secondary N) is 2. The van der Waals surface area contributed by atoms with Gasteiger partial charge in [-0.05, 0) is 50.3 Å². The Hall–Kier alpha value is -0.770. The summed E-state index contributed by atoms with van der Waals surface area (Å²) in [5.41, 5.74) is 0.901. The lowest BCUT2D eigenvalue weighted by Gasteiger charge is -2.39. The number of carbonyl (C=O) groups excluding carboxylic acids is 1. The second-order valence-electron chi connectivity index (χ2n) is 7.65. The third kappa shape index (κ3) is 6.61. The van der Waals surface area contributed by atoms with E-state index in [2.05, 4.69) is 15.6 Å². The third-order valence-corrected chi connectivity index (χ3v) is 6.27. The van der Waals surface area contributed by atoms with Crippen molar-refractivity contribution in [1.82, 2.24) is 15.5 Å². The number of nitrogens with zero attached hydrogens (tertiary/aromatic N) is 2. The first-order valence-electron chi connectivity index (χ1n) is 10.4. The third-order valence-electron chi connectivity index (χ3n) is 5.72. The molecule has 0 atom stereocenters. The van der Waals surface area contributed by atoms with Gasteiger partial charge in [0.15, 0.2) is 5.96 Å². The summed E-state index contributed by atoms with van der Waals surface area (Å²) < 4.78 is 5.61. The van der Waals surface area contributed by atoms with Crippen LogP contribution in [-0.2, 0) is 14.9 Å². The smallest absolute Gasteiger partial charge is 0.244 e. The maximum absolute atomic E-state index is 12.3. The lowest BCUT2D eigenvalue weighted by Crippen LogP contribution is -2.48. The number of aliphatic imine (C=N–C) groups is 1. The lowest BCUT2D eigenvalue weighted by atomic mass is 9.74. The summed E-state index contributed by atoms with van der Waals surface area (Å²) >= 11 is 12.7. The molecule has 2 saturated heterocycles. The SMILES string of the molecule is CCNC(=NCC(=O)N1CCCC1)NCC1(c2ccc(Cl)cc2Cl)CCOCC1.I. The molecule has 1 amide bonds. The van der Waals surface area contributed by atoms with Crippen LogP contribution in [-0.4, -0.2) is 62.7 Å². The minimum atomic E-state index is -0.172. The maximum Gasteiger partial charge on any atom is 0.244 e. The molecule has 30 heavy (non-hydrogen) atoms. The molecule has 2 heterocycles. The predicted octanol–water partition coefficient (Wildman–Crippen LogP) is 3.84. The molecule has 0 unspecified atom stereocenters. The highest BCUT2D eigenvalue weighted by atomic mass is 127. The van der Waals surface area contributed by atoms with Gasteiger partial charge in [-0.1, -0.05) is 29.3 Å². The Balaban J connectivity index is 0.00000320. The molecule has 0 spiro atoms. The standard InChI is InChI=1S/C21H30Cl2N4O2.HI/c1-2-24-20(25-14-19(28)27-9-3-4-10-27)26-15-21(7-11-29-12-8-21)17-6-5-16(22)13-18(17)23;/h5-6,13H,2-4,7-12,14-15H2,1H3,(H2,24,25,26);1H. The van der Waals surface area contributed by atoms with E-state index >= 15 is 0 Å². The number of ether oxygens (including phenoxy) is 1. The number of amides is 1. The van der Waals surface area contributed by atoms with Crippen molar-refractivity contribution in [1.29, 1.82) is 0 Å². The van der Waals surface area contributed by atoms with Gasteiger partial charge in [0, 0.05) is 54.9 Å². The van der Waals surface area contributed by atoms with Gasteiger partial charge < -0.3 is 20.3 Å². The summed E-state index contributed by atoms with van der Waals surface area (Å²) in [4.78, 5) is 18.7. The molecule has 0 bridgehead atoms.